The molecule has 5 nitrogen and oxygen atoms in total. The van der Waals surface area contributed by atoms with Crippen molar-refractivity contribution in [2.24, 2.45) is 0 Å². The maximum absolute atomic E-state index is 12.5. The van der Waals surface area contributed by atoms with Gasteiger partial charge in [-0.2, -0.15) is 0 Å². The second-order valence-corrected chi connectivity index (χ2v) is 9.69. The Balaban J connectivity index is 1.95. The fourth-order valence-corrected chi connectivity index (χ4v) is 4.63. The van der Waals surface area contributed by atoms with Crippen LogP contribution in [0.5, 0.6) is 0 Å². The van der Waals surface area contributed by atoms with Crippen LogP contribution in [0.2, 0.25) is 0 Å². The molecule has 1 amide bonds. The van der Waals surface area contributed by atoms with Gasteiger partial charge in [0.15, 0.2) is 5.60 Å². The summed E-state index contributed by atoms with van der Waals surface area (Å²) in [4.78, 5) is 14.0. The molecule has 1 heterocycles. The van der Waals surface area contributed by atoms with Crippen molar-refractivity contribution in [3.8, 4) is 0 Å². The Labute approximate surface area is 191 Å². The molecule has 31 heavy (non-hydrogen) atoms. The van der Waals surface area contributed by atoms with E-state index in [-0.39, 0.29) is 0 Å². The van der Waals surface area contributed by atoms with Crippen molar-refractivity contribution in [1.82, 2.24) is 4.90 Å². The summed E-state index contributed by atoms with van der Waals surface area (Å²) in [5, 5.41) is 30.5. The highest BCUT2D eigenvalue weighted by Gasteiger charge is 2.45. The van der Waals surface area contributed by atoms with Gasteiger partial charge in [-0.25, -0.2) is 0 Å². The lowest BCUT2D eigenvalue weighted by Gasteiger charge is -2.33. The van der Waals surface area contributed by atoms with Gasteiger partial charge in [-0.3, -0.25) is 4.79 Å². The van der Waals surface area contributed by atoms with Crippen molar-refractivity contribution in [3.63, 3.8) is 0 Å². The molecule has 1 fully saturated rings. The number of unbranched alkanes of at least 4 members (excludes halogenated alkanes) is 15. The van der Waals surface area contributed by atoms with E-state index in [0.29, 0.717) is 19.5 Å². The summed E-state index contributed by atoms with van der Waals surface area (Å²) in [7, 11) is 0. The highest BCUT2D eigenvalue weighted by Crippen LogP contribution is 2.22. The van der Waals surface area contributed by atoms with Gasteiger partial charge >= 0.3 is 0 Å². The number of likely N-dealkylation sites (tertiary alicyclic amines) is 1. The van der Waals surface area contributed by atoms with E-state index >= 15 is 0 Å². The van der Waals surface area contributed by atoms with Crippen LogP contribution in [-0.2, 0) is 4.79 Å². The second kappa shape index (κ2) is 17.9. The molecule has 0 aliphatic carbocycles. The first-order valence-corrected chi connectivity index (χ1v) is 13.4. The number of hydrogen-bond donors (Lipinski definition) is 3. The third kappa shape index (κ3) is 11.7. The molecule has 0 saturated carbocycles. The van der Waals surface area contributed by atoms with E-state index in [2.05, 4.69) is 6.92 Å². The molecule has 5 heteroatoms. The molecule has 0 spiro atoms. The summed E-state index contributed by atoms with van der Waals surface area (Å²) in [5.41, 5.74) is -2.04. The van der Waals surface area contributed by atoms with E-state index in [9.17, 15) is 20.1 Å². The van der Waals surface area contributed by atoms with Crippen LogP contribution in [0.15, 0.2) is 0 Å². The lowest BCUT2D eigenvalue weighted by atomic mass is 9.91. The van der Waals surface area contributed by atoms with Crippen molar-refractivity contribution >= 4 is 5.91 Å². The third-order valence-electron chi connectivity index (χ3n) is 6.89. The maximum Gasteiger partial charge on any atom is 0.259 e. The van der Waals surface area contributed by atoms with Gasteiger partial charge in [-0.15, -0.1) is 0 Å². The van der Waals surface area contributed by atoms with Crippen LogP contribution in [0.25, 0.3) is 0 Å². The maximum atomic E-state index is 12.5. The van der Waals surface area contributed by atoms with Crippen LogP contribution >= 0.6 is 0 Å². The SMILES string of the molecule is CCCCCCCCCCCCCCCCCCC(O)C(O)(CO)C(=O)N1CCCC1. The van der Waals surface area contributed by atoms with Crippen molar-refractivity contribution in [1.29, 1.82) is 0 Å². The minimum atomic E-state index is -2.04. The molecule has 1 saturated heterocycles. The van der Waals surface area contributed by atoms with E-state index < -0.39 is 24.2 Å². The summed E-state index contributed by atoms with van der Waals surface area (Å²) in [5.74, 6) is -0.517. The molecule has 0 aromatic carbocycles. The highest BCUT2D eigenvalue weighted by molar-refractivity contribution is 5.86. The fourth-order valence-electron chi connectivity index (χ4n) is 4.63. The lowest BCUT2D eigenvalue weighted by Crippen LogP contribution is -2.58. The van der Waals surface area contributed by atoms with Crippen LogP contribution in [0.4, 0.5) is 0 Å². The number of amides is 1. The zero-order valence-electron chi connectivity index (χ0n) is 20.3. The average Bonchev–Trinajstić information content (AvgIpc) is 3.32. The molecule has 2 unspecified atom stereocenters. The molecular weight excluding hydrogens is 390 g/mol. The van der Waals surface area contributed by atoms with Crippen molar-refractivity contribution in [2.75, 3.05) is 19.7 Å². The number of carbonyl (C=O) groups is 1. The fraction of sp³-hybridized carbons (Fsp3) is 0.962. The minimum absolute atomic E-state index is 0.356. The predicted octanol–water partition coefficient (Wildman–Crippen LogP) is 5.34. The van der Waals surface area contributed by atoms with Crippen LogP contribution in [0.1, 0.15) is 129 Å². The van der Waals surface area contributed by atoms with Crippen molar-refractivity contribution < 1.29 is 20.1 Å². The summed E-state index contributed by atoms with van der Waals surface area (Å²) in [6.45, 7) is 2.76. The number of aliphatic hydroxyl groups is 3. The molecule has 0 radical (unpaired) electrons. The second-order valence-electron chi connectivity index (χ2n) is 9.69. The Kier molecular flexibility index (Phi) is 16.3. The summed E-state index contributed by atoms with van der Waals surface area (Å²) >= 11 is 0. The van der Waals surface area contributed by atoms with E-state index in [1.54, 1.807) is 4.90 Å². The zero-order valence-corrected chi connectivity index (χ0v) is 20.3. The molecule has 3 N–H and O–H groups in total. The Morgan fingerprint density at radius 3 is 1.55 bits per heavy atom. The molecule has 0 bridgehead atoms. The summed E-state index contributed by atoms with van der Waals surface area (Å²) in [6, 6.07) is 0. The number of aliphatic hydroxyl groups excluding tert-OH is 2. The first-order chi connectivity index (χ1) is 15.1. The summed E-state index contributed by atoms with van der Waals surface area (Å²) in [6.07, 6.45) is 21.6. The van der Waals surface area contributed by atoms with Crippen molar-refractivity contribution in [3.05, 3.63) is 0 Å². The molecule has 2 atom stereocenters. The van der Waals surface area contributed by atoms with Gasteiger partial charge in [-0.1, -0.05) is 110 Å². The molecule has 0 aromatic rings. The Bertz CT molecular complexity index is 439. The summed E-state index contributed by atoms with van der Waals surface area (Å²) < 4.78 is 0. The highest BCUT2D eigenvalue weighted by atomic mass is 16.4. The molecule has 184 valence electrons. The zero-order chi connectivity index (χ0) is 22.8. The topological polar surface area (TPSA) is 81.0 Å². The number of rotatable bonds is 20. The van der Waals surface area contributed by atoms with Gasteiger partial charge in [0.05, 0.1) is 12.7 Å². The Morgan fingerprint density at radius 2 is 1.16 bits per heavy atom. The van der Waals surface area contributed by atoms with Crippen molar-refractivity contribution in [2.45, 2.75) is 141 Å². The van der Waals surface area contributed by atoms with Gasteiger partial charge in [0.25, 0.3) is 5.91 Å². The number of nitrogens with zero attached hydrogens (tertiary/aromatic N) is 1. The third-order valence-corrected chi connectivity index (χ3v) is 6.89. The average molecular weight is 442 g/mol. The molecular formula is C26H51NO4. The first-order valence-electron chi connectivity index (χ1n) is 13.4. The standard InChI is InChI=1S/C26H51NO4/c1-2-3-4-5-6-7-8-9-10-11-12-13-14-15-16-17-20-24(29)26(31,23-28)25(30)27-21-18-19-22-27/h24,28-29,31H,2-23H2,1H3. The smallest absolute Gasteiger partial charge is 0.259 e. The van der Waals surface area contributed by atoms with Gasteiger partial charge in [0, 0.05) is 13.1 Å². The van der Waals surface area contributed by atoms with Crippen LogP contribution in [0, 0.1) is 0 Å². The quantitative estimate of drug-likeness (QED) is 0.223. The Morgan fingerprint density at radius 1 is 0.774 bits per heavy atom. The largest absolute Gasteiger partial charge is 0.393 e. The van der Waals surface area contributed by atoms with E-state index in [1.807, 2.05) is 0 Å². The molecule has 1 aliphatic rings. The van der Waals surface area contributed by atoms with E-state index in [4.69, 9.17) is 0 Å². The number of carbonyl (C=O) groups excluding carboxylic acids is 1. The first kappa shape index (κ1) is 28.4. The Hall–Kier alpha value is -0.650. The number of hydrogen-bond acceptors (Lipinski definition) is 4. The minimum Gasteiger partial charge on any atom is -0.393 e. The lowest BCUT2D eigenvalue weighted by molar-refractivity contribution is -0.171. The predicted molar refractivity (Wildman–Crippen MR) is 128 cm³/mol. The van der Waals surface area contributed by atoms with E-state index in [1.165, 1.54) is 83.5 Å². The normalized spacial score (nSPS) is 17.1. The van der Waals surface area contributed by atoms with Crippen LogP contribution in [0.3, 0.4) is 0 Å². The van der Waals surface area contributed by atoms with Gasteiger partial charge in [0.2, 0.25) is 0 Å². The molecule has 0 aromatic heterocycles. The van der Waals surface area contributed by atoms with Gasteiger partial charge in [-0.05, 0) is 19.3 Å². The van der Waals surface area contributed by atoms with Crippen LogP contribution < -0.4 is 0 Å². The monoisotopic (exact) mass is 441 g/mol. The molecule has 1 rings (SSSR count). The van der Waals surface area contributed by atoms with E-state index in [0.717, 1.165) is 32.1 Å². The van der Waals surface area contributed by atoms with Crippen LogP contribution in [-0.4, -0.2) is 57.5 Å². The van der Waals surface area contributed by atoms with Gasteiger partial charge < -0.3 is 20.2 Å². The van der Waals surface area contributed by atoms with Gasteiger partial charge in [0.1, 0.15) is 0 Å². The molecule has 1 aliphatic heterocycles.